The van der Waals surface area contributed by atoms with Crippen LogP contribution in [-0.2, 0) is 9.47 Å². The molecule has 17 heavy (non-hydrogen) atoms. The molecule has 102 valence electrons. The summed E-state index contributed by atoms with van der Waals surface area (Å²) >= 11 is 0. The maximum absolute atomic E-state index is 5.58. The maximum atomic E-state index is 5.58. The van der Waals surface area contributed by atoms with Gasteiger partial charge < -0.3 is 14.8 Å². The van der Waals surface area contributed by atoms with Crippen molar-refractivity contribution in [1.29, 1.82) is 0 Å². The summed E-state index contributed by atoms with van der Waals surface area (Å²) in [4.78, 5) is 0. The molecule has 0 aromatic heterocycles. The highest BCUT2D eigenvalue weighted by Crippen LogP contribution is 2.21. The molecular weight excluding hydrogens is 214 g/mol. The minimum atomic E-state index is 0.135. The van der Waals surface area contributed by atoms with Gasteiger partial charge in [0.2, 0.25) is 0 Å². The second kappa shape index (κ2) is 10.8. The molecule has 3 nitrogen and oxygen atoms in total. The average Bonchev–Trinajstić information content (AvgIpc) is 2.34. The Morgan fingerprint density at radius 1 is 1.29 bits per heavy atom. The van der Waals surface area contributed by atoms with Crippen LogP contribution in [0.4, 0.5) is 0 Å². The van der Waals surface area contributed by atoms with Crippen LogP contribution in [0.5, 0.6) is 0 Å². The third kappa shape index (κ3) is 9.33. The van der Waals surface area contributed by atoms with Crippen LogP contribution in [0.15, 0.2) is 12.7 Å². The van der Waals surface area contributed by atoms with E-state index in [0.29, 0.717) is 0 Å². The molecule has 0 heterocycles. The standard InChI is InChI=1S/C14H29NO2/c1-5-9-15-13-14(3,6-2)8-12-17-11-7-10-16-4/h6,15H,2,5,7-13H2,1,3-4H3. The molecule has 1 N–H and O–H groups in total. The summed E-state index contributed by atoms with van der Waals surface area (Å²) in [6.07, 6.45) is 5.19. The highest BCUT2D eigenvalue weighted by molar-refractivity contribution is 4.92. The van der Waals surface area contributed by atoms with Crippen molar-refractivity contribution in [2.45, 2.75) is 33.1 Å². The molecule has 0 rings (SSSR count). The van der Waals surface area contributed by atoms with Crippen LogP contribution in [0.25, 0.3) is 0 Å². The van der Waals surface area contributed by atoms with Gasteiger partial charge in [-0.3, -0.25) is 0 Å². The first kappa shape index (κ1) is 16.6. The quantitative estimate of drug-likeness (QED) is 0.422. The first-order valence-electron chi connectivity index (χ1n) is 6.59. The summed E-state index contributed by atoms with van der Waals surface area (Å²) in [7, 11) is 1.72. The van der Waals surface area contributed by atoms with Crippen LogP contribution in [0.1, 0.15) is 33.1 Å². The zero-order chi connectivity index (χ0) is 13.0. The summed E-state index contributed by atoms with van der Waals surface area (Å²) in [5.74, 6) is 0. The van der Waals surface area contributed by atoms with Gasteiger partial charge in [-0.1, -0.05) is 19.9 Å². The topological polar surface area (TPSA) is 30.5 Å². The fraction of sp³-hybridized carbons (Fsp3) is 0.857. The fourth-order valence-electron chi connectivity index (χ4n) is 1.53. The molecule has 0 saturated heterocycles. The van der Waals surface area contributed by atoms with Crippen LogP contribution in [0.3, 0.4) is 0 Å². The number of methoxy groups -OCH3 is 1. The molecule has 3 heteroatoms. The molecule has 0 aliphatic heterocycles. The first-order valence-corrected chi connectivity index (χ1v) is 6.59. The van der Waals surface area contributed by atoms with E-state index in [9.17, 15) is 0 Å². The van der Waals surface area contributed by atoms with E-state index in [1.165, 1.54) is 6.42 Å². The van der Waals surface area contributed by atoms with E-state index in [0.717, 1.165) is 45.8 Å². The number of hydrogen-bond donors (Lipinski definition) is 1. The fourth-order valence-corrected chi connectivity index (χ4v) is 1.53. The van der Waals surface area contributed by atoms with Crippen molar-refractivity contribution in [3.63, 3.8) is 0 Å². The zero-order valence-corrected chi connectivity index (χ0v) is 11.8. The molecule has 0 radical (unpaired) electrons. The van der Waals surface area contributed by atoms with E-state index < -0.39 is 0 Å². The third-order valence-electron chi connectivity index (χ3n) is 2.90. The van der Waals surface area contributed by atoms with Gasteiger partial charge in [0, 0.05) is 33.5 Å². The Kier molecular flexibility index (Phi) is 10.5. The second-order valence-electron chi connectivity index (χ2n) is 4.74. The lowest BCUT2D eigenvalue weighted by atomic mass is 9.87. The molecular formula is C14H29NO2. The minimum Gasteiger partial charge on any atom is -0.385 e. The second-order valence-corrected chi connectivity index (χ2v) is 4.74. The van der Waals surface area contributed by atoms with E-state index in [4.69, 9.17) is 9.47 Å². The molecule has 1 unspecified atom stereocenters. The van der Waals surface area contributed by atoms with Gasteiger partial charge in [0.05, 0.1) is 0 Å². The molecule has 0 spiro atoms. The Hall–Kier alpha value is -0.380. The Morgan fingerprint density at radius 2 is 2.06 bits per heavy atom. The van der Waals surface area contributed by atoms with Gasteiger partial charge in [-0.2, -0.15) is 0 Å². The highest BCUT2D eigenvalue weighted by atomic mass is 16.5. The normalized spacial score (nSPS) is 14.5. The van der Waals surface area contributed by atoms with Gasteiger partial charge in [-0.25, -0.2) is 0 Å². The summed E-state index contributed by atoms with van der Waals surface area (Å²) in [6, 6.07) is 0. The average molecular weight is 243 g/mol. The Balaban J connectivity index is 3.60. The lowest BCUT2D eigenvalue weighted by Gasteiger charge is -2.26. The zero-order valence-electron chi connectivity index (χ0n) is 11.8. The van der Waals surface area contributed by atoms with E-state index in [2.05, 4.69) is 25.7 Å². The van der Waals surface area contributed by atoms with E-state index in [1.54, 1.807) is 7.11 Å². The van der Waals surface area contributed by atoms with Crippen molar-refractivity contribution in [2.75, 3.05) is 40.0 Å². The van der Waals surface area contributed by atoms with Gasteiger partial charge in [0.15, 0.2) is 0 Å². The minimum absolute atomic E-state index is 0.135. The van der Waals surface area contributed by atoms with Gasteiger partial charge in [0.25, 0.3) is 0 Å². The Morgan fingerprint density at radius 3 is 2.65 bits per heavy atom. The number of hydrogen-bond acceptors (Lipinski definition) is 3. The van der Waals surface area contributed by atoms with Crippen molar-refractivity contribution in [3.8, 4) is 0 Å². The molecule has 0 fully saturated rings. The molecule has 0 aliphatic rings. The van der Waals surface area contributed by atoms with Crippen LogP contribution in [0, 0.1) is 5.41 Å². The summed E-state index contributed by atoms with van der Waals surface area (Å²) in [5.41, 5.74) is 0.135. The lowest BCUT2D eigenvalue weighted by molar-refractivity contribution is 0.0873. The predicted octanol–water partition coefficient (Wildman–Crippen LogP) is 2.62. The van der Waals surface area contributed by atoms with Crippen LogP contribution in [-0.4, -0.2) is 40.0 Å². The molecule has 1 atom stereocenters. The van der Waals surface area contributed by atoms with Crippen molar-refractivity contribution in [2.24, 2.45) is 5.41 Å². The first-order chi connectivity index (χ1) is 8.18. The van der Waals surface area contributed by atoms with Crippen molar-refractivity contribution >= 4 is 0 Å². The van der Waals surface area contributed by atoms with Crippen molar-refractivity contribution < 1.29 is 9.47 Å². The van der Waals surface area contributed by atoms with Gasteiger partial charge in [0.1, 0.15) is 0 Å². The van der Waals surface area contributed by atoms with Crippen LogP contribution in [0.2, 0.25) is 0 Å². The summed E-state index contributed by atoms with van der Waals surface area (Å²) < 4.78 is 10.6. The smallest absolute Gasteiger partial charge is 0.0487 e. The number of ether oxygens (including phenoxy) is 2. The summed E-state index contributed by atoms with van der Waals surface area (Å²) in [6.45, 7) is 12.7. The SMILES string of the molecule is C=CC(C)(CCOCCCOC)CNCCC. The van der Waals surface area contributed by atoms with E-state index >= 15 is 0 Å². The monoisotopic (exact) mass is 243 g/mol. The lowest BCUT2D eigenvalue weighted by Crippen LogP contribution is -2.31. The molecule has 0 aliphatic carbocycles. The highest BCUT2D eigenvalue weighted by Gasteiger charge is 2.19. The Labute approximate surface area is 107 Å². The number of nitrogens with one attached hydrogen (secondary N) is 1. The third-order valence-corrected chi connectivity index (χ3v) is 2.90. The van der Waals surface area contributed by atoms with Crippen LogP contribution < -0.4 is 5.32 Å². The Bertz CT molecular complexity index is 185. The maximum Gasteiger partial charge on any atom is 0.0487 e. The van der Waals surface area contributed by atoms with Crippen molar-refractivity contribution in [1.82, 2.24) is 5.32 Å². The van der Waals surface area contributed by atoms with Crippen molar-refractivity contribution in [3.05, 3.63) is 12.7 Å². The molecule has 0 bridgehead atoms. The molecule has 0 aromatic carbocycles. The van der Waals surface area contributed by atoms with Gasteiger partial charge in [-0.15, -0.1) is 6.58 Å². The largest absolute Gasteiger partial charge is 0.385 e. The van der Waals surface area contributed by atoms with E-state index in [1.807, 2.05) is 6.08 Å². The van der Waals surface area contributed by atoms with E-state index in [-0.39, 0.29) is 5.41 Å². The van der Waals surface area contributed by atoms with Gasteiger partial charge >= 0.3 is 0 Å². The predicted molar refractivity (Wildman–Crippen MR) is 73.4 cm³/mol. The molecule has 0 amide bonds. The van der Waals surface area contributed by atoms with Crippen LogP contribution >= 0.6 is 0 Å². The number of rotatable bonds is 12. The summed E-state index contributed by atoms with van der Waals surface area (Å²) in [5, 5.41) is 3.44. The molecule has 0 saturated carbocycles. The van der Waals surface area contributed by atoms with Gasteiger partial charge in [-0.05, 0) is 31.2 Å². The molecule has 0 aromatic rings.